The lowest BCUT2D eigenvalue weighted by molar-refractivity contribution is -0.118. The number of aliphatic hydroxyl groups excluding tert-OH is 1. The van der Waals surface area contributed by atoms with Crippen molar-refractivity contribution in [2.24, 2.45) is 0 Å². The predicted octanol–water partition coefficient (Wildman–Crippen LogP) is 2.88. The second-order valence-electron chi connectivity index (χ2n) is 6.40. The van der Waals surface area contributed by atoms with Crippen LogP contribution in [0, 0.1) is 6.92 Å². The highest BCUT2D eigenvalue weighted by Crippen LogP contribution is 2.28. The Morgan fingerprint density at radius 1 is 1.11 bits per heavy atom. The van der Waals surface area contributed by atoms with Crippen molar-refractivity contribution in [3.8, 4) is 11.5 Å². The zero-order valence-electron chi connectivity index (χ0n) is 16.1. The lowest BCUT2D eigenvalue weighted by atomic mass is 10.2. The van der Waals surface area contributed by atoms with E-state index in [4.69, 9.17) is 9.47 Å². The molecule has 0 saturated carbocycles. The van der Waals surface area contributed by atoms with E-state index in [2.05, 4.69) is 10.6 Å². The van der Waals surface area contributed by atoms with Gasteiger partial charge in [-0.3, -0.25) is 4.79 Å². The third-order valence-electron chi connectivity index (χ3n) is 3.77. The van der Waals surface area contributed by atoms with Gasteiger partial charge in [0, 0.05) is 18.8 Å². The molecule has 0 aliphatic heterocycles. The van der Waals surface area contributed by atoms with Gasteiger partial charge in [0.05, 0.1) is 12.7 Å². The maximum Gasteiger partial charge on any atom is 0.262 e. The van der Waals surface area contributed by atoms with Crippen LogP contribution in [0.15, 0.2) is 42.5 Å². The van der Waals surface area contributed by atoms with Crippen molar-refractivity contribution < 1.29 is 19.4 Å². The molecule has 0 unspecified atom stereocenters. The van der Waals surface area contributed by atoms with Gasteiger partial charge in [-0.25, -0.2) is 0 Å². The zero-order valence-corrected chi connectivity index (χ0v) is 16.1. The molecular formula is C21H28N2O4. The highest BCUT2D eigenvalue weighted by Gasteiger charge is 2.10. The Labute approximate surface area is 160 Å². The topological polar surface area (TPSA) is 79.8 Å². The maximum atomic E-state index is 12.1. The number of nitrogens with one attached hydrogen (secondary N) is 2. The van der Waals surface area contributed by atoms with E-state index in [0.29, 0.717) is 31.2 Å². The molecule has 1 amide bonds. The molecule has 3 N–H and O–H groups in total. The van der Waals surface area contributed by atoms with Gasteiger partial charge in [0.1, 0.15) is 0 Å². The summed E-state index contributed by atoms with van der Waals surface area (Å²) < 4.78 is 11.3. The lowest BCUT2D eigenvalue weighted by Gasteiger charge is -2.14. The summed E-state index contributed by atoms with van der Waals surface area (Å²) in [5.74, 6) is 0.885. The van der Waals surface area contributed by atoms with Crippen LogP contribution in [0.25, 0.3) is 0 Å². The minimum absolute atomic E-state index is 0.104. The van der Waals surface area contributed by atoms with Crippen LogP contribution in [0.5, 0.6) is 11.5 Å². The Bertz CT molecular complexity index is 729. The summed E-state index contributed by atoms with van der Waals surface area (Å²) in [7, 11) is 0. The second kappa shape index (κ2) is 10.5. The summed E-state index contributed by atoms with van der Waals surface area (Å²) in [5.41, 5.74) is 2.88. The van der Waals surface area contributed by atoms with E-state index in [-0.39, 0.29) is 12.5 Å². The lowest BCUT2D eigenvalue weighted by Crippen LogP contribution is -2.23. The van der Waals surface area contributed by atoms with E-state index in [1.807, 2.05) is 50.2 Å². The molecule has 6 heteroatoms. The largest absolute Gasteiger partial charge is 0.490 e. The molecule has 0 heterocycles. The minimum atomic E-state index is -0.397. The minimum Gasteiger partial charge on any atom is -0.490 e. The van der Waals surface area contributed by atoms with Crippen LogP contribution in [0.2, 0.25) is 0 Å². The number of benzene rings is 2. The second-order valence-corrected chi connectivity index (χ2v) is 6.40. The standard InChI is InChI=1S/C21H28N2O4/c1-4-26-20-11-17(13-22-12-16(3)24)7-10-19(20)27-14-21(25)23-18-8-5-15(2)6-9-18/h5-11,16,22,24H,4,12-14H2,1-3H3,(H,23,25)/t16-/m0/s1. The summed E-state index contributed by atoms with van der Waals surface area (Å²) in [5, 5.41) is 15.3. The maximum absolute atomic E-state index is 12.1. The fourth-order valence-electron chi connectivity index (χ4n) is 2.45. The average molecular weight is 372 g/mol. The first-order chi connectivity index (χ1) is 13.0. The molecule has 0 fully saturated rings. The fourth-order valence-corrected chi connectivity index (χ4v) is 2.45. The summed E-state index contributed by atoms with van der Waals surface area (Å²) in [4.78, 5) is 12.1. The molecular weight excluding hydrogens is 344 g/mol. The van der Waals surface area contributed by atoms with Crippen LogP contribution < -0.4 is 20.1 Å². The highest BCUT2D eigenvalue weighted by atomic mass is 16.5. The summed E-state index contributed by atoms with van der Waals surface area (Å²) in [6.45, 7) is 7.14. The number of hydrogen-bond donors (Lipinski definition) is 3. The summed E-state index contributed by atoms with van der Waals surface area (Å²) in [6.07, 6.45) is -0.397. The van der Waals surface area contributed by atoms with Gasteiger partial charge in [-0.15, -0.1) is 0 Å². The Kier molecular flexibility index (Phi) is 8.10. The molecule has 0 radical (unpaired) electrons. The van der Waals surface area contributed by atoms with Gasteiger partial charge in [0.15, 0.2) is 18.1 Å². The van der Waals surface area contributed by atoms with Crippen LogP contribution in [0.4, 0.5) is 5.69 Å². The van der Waals surface area contributed by atoms with Gasteiger partial charge in [0.25, 0.3) is 5.91 Å². The first-order valence-corrected chi connectivity index (χ1v) is 9.11. The normalized spacial score (nSPS) is 11.7. The predicted molar refractivity (Wildman–Crippen MR) is 106 cm³/mol. The first-order valence-electron chi connectivity index (χ1n) is 9.11. The van der Waals surface area contributed by atoms with E-state index >= 15 is 0 Å². The van der Waals surface area contributed by atoms with Crippen LogP contribution in [-0.4, -0.2) is 36.9 Å². The van der Waals surface area contributed by atoms with E-state index in [9.17, 15) is 9.90 Å². The van der Waals surface area contributed by atoms with Gasteiger partial charge in [0.2, 0.25) is 0 Å². The molecule has 0 aromatic heterocycles. The summed E-state index contributed by atoms with van der Waals surface area (Å²) >= 11 is 0. The molecule has 27 heavy (non-hydrogen) atoms. The van der Waals surface area contributed by atoms with Gasteiger partial charge in [-0.2, -0.15) is 0 Å². The number of anilines is 1. The van der Waals surface area contributed by atoms with Crippen LogP contribution in [0.1, 0.15) is 25.0 Å². The number of carbonyl (C=O) groups excluding carboxylic acids is 1. The van der Waals surface area contributed by atoms with Gasteiger partial charge < -0.3 is 25.2 Å². The number of aliphatic hydroxyl groups is 1. The Morgan fingerprint density at radius 2 is 1.85 bits per heavy atom. The average Bonchev–Trinajstić information content (AvgIpc) is 2.63. The molecule has 0 spiro atoms. The molecule has 0 bridgehead atoms. The monoisotopic (exact) mass is 372 g/mol. The zero-order chi connectivity index (χ0) is 19.6. The van der Waals surface area contributed by atoms with E-state index in [1.54, 1.807) is 13.0 Å². The third-order valence-corrected chi connectivity index (χ3v) is 3.77. The number of rotatable bonds is 10. The Morgan fingerprint density at radius 3 is 2.52 bits per heavy atom. The molecule has 0 aliphatic carbocycles. The first kappa shape index (κ1) is 20.7. The smallest absolute Gasteiger partial charge is 0.262 e. The Balaban J connectivity index is 1.93. The van der Waals surface area contributed by atoms with E-state index < -0.39 is 6.10 Å². The number of aryl methyl sites for hydroxylation is 1. The molecule has 2 rings (SSSR count). The van der Waals surface area contributed by atoms with Crippen molar-refractivity contribution in [2.45, 2.75) is 33.4 Å². The van der Waals surface area contributed by atoms with Crippen LogP contribution in [-0.2, 0) is 11.3 Å². The van der Waals surface area contributed by atoms with E-state index in [1.165, 1.54) is 0 Å². The number of amides is 1. The molecule has 0 saturated heterocycles. The van der Waals surface area contributed by atoms with Crippen molar-refractivity contribution >= 4 is 11.6 Å². The SMILES string of the molecule is CCOc1cc(CNC[C@H](C)O)ccc1OCC(=O)Nc1ccc(C)cc1. The third kappa shape index (κ3) is 7.29. The molecule has 2 aromatic carbocycles. The van der Waals surface area contributed by atoms with Gasteiger partial charge >= 0.3 is 0 Å². The number of ether oxygens (including phenoxy) is 2. The quantitative estimate of drug-likeness (QED) is 0.598. The molecule has 146 valence electrons. The van der Waals surface area contributed by atoms with E-state index in [0.717, 1.165) is 16.8 Å². The van der Waals surface area contributed by atoms with Crippen molar-refractivity contribution in [1.82, 2.24) is 5.32 Å². The molecule has 6 nitrogen and oxygen atoms in total. The molecule has 2 aromatic rings. The Hall–Kier alpha value is -2.57. The molecule has 1 atom stereocenters. The van der Waals surface area contributed by atoms with Crippen LogP contribution >= 0.6 is 0 Å². The van der Waals surface area contributed by atoms with Gasteiger partial charge in [-0.05, 0) is 50.6 Å². The highest BCUT2D eigenvalue weighted by molar-refractivity contribution is 5.91. The van der Waals surface area contributed by atoms with Gasteiger partial charge in [-0.1, -0.05) is 23.8 Å². The number of carbonyl (C=O) groups is 1. The van der Waals surface area contributed by atoms with Crippen LogP contribution in [0.3, 0.4) is 0 Å². The van der Waals surface area contributed by atoms with Crippen molar-refractivity contribution in [2.75, 3.05) is 25.1 Å². The molecule has 0 aliphatic rings. The summed E-state index contributed by atoms with van der Waals surface area (Å²) in [6, 6.07) is 13.2. The van der Waals surface area contributed by atoms with Crippen molar-refractivity contribution in [1.29, 1.82) is 0 Å². The van der Waals surface area contributed by atoms with Crippen molar-refractivity contribution in [3.05, 3.63) is 53.6 Å². The number of hydrogen-bond acceptors (Lipinski definition) is 5. The van der Waals surface area contributed by atoms with Crippen molar-refractivity contribution in [3.63, 3.8) is 0 Å². The fraction of sp³-hybridized carbons (Fsp3) is 0.381.